The maximum Gasteiger partial charge on any atom is 0.226 e. The molecule has 0 aliphatic rings. The summed E-state index contributed by atoms with van der Waals surface area (Å²) < 4.78 is 20.7. The molecule has 0 aliphatic carbocycles. The van der Waals surface area contributed by atoms with Crippen LogP contribution in [-0.2, 0) is 13.0 Å². The zero-order valence-corrected chi connectivity index (χ0v) is 15.8. The van der Waals surface area contributed by atoms with Crippen LogP contribution in [0.15, 0.2) is 27.9 Å². The van der Waals surface area contributed by atoms with Gasteiger partial charge in [0.1, 0.15) is 5.82 Å². The predicted octanol–water partition coefficient (Wildman–Crippen LogP) is 3.55. The molecular formula is C17H21FN6OS. The van der Waals surface area contributed by atoms with E-state index in [0.717, 1.165) is 23.9 Å². The van der Waals surface area contributed by atoms with Crippen molar-refractivity contribution in [3.8, 4) is 11.4 Å². The highest BCUT2D eigenvalue weighted by molar-refractivity contribution is 7.99. The molecule has 26 heavy (non-hydrogen) atoms. The zero-order chi connectivity index (χ0) is 18.5. The van der Waals surface area contributed by atoms with Crippen molar-refractivity contribution < 1.29 is 8.91 Å². The number of hydrogen-bond donors (Lipinski definition) is 0. The van der Waals surface area contributed by atoms with Crippen LogP contribution in [0.3, 0.4) is 0 Å². The fourth-order valence-corrected chi connectivity index (χ4v) is 3.18. The number of benzene rings is 1. The van der Waals surface area contributed by atoms with E-state index in [1.54, 1.807) is 30.8 Å². The van der Waals surface area contributed by atoms with Gasteiger partial charge in [-0.15, -0.1) is 5.10 Å². The van der Waals surface area contributed by atoms with Gasteiger partial charge < -0.3 is 4.52 Å². The van der Waals surface area contributed by atoms with Gasteiger partial charge in [-0.05, 0) is 41.3 Å². The van der Waals surface area contributed by atoms with Crippen LogP contribution in [0.1, 0.15) is 31.7 Å². The molecule has 0 aliphatic heterocycles. The molecule has 0 spiro atoms. The topological polar surface area (TPSA) is 82.5 Å². The van der Waals surface area contributed by atoms with Gasteiger partial charge in [0.2, 0.25) is 16.9 Å². The first-order valence-electron chi connectivity index (χ1n) is 8.51. The lowest BCUT2D eigenvalue weighted by atomic mass is 10.1. The maximum atomic E-state index is 13.7. The van der Waals surface area contributed by atoms with Crippen LogP contribution in [0.4, 0.5) is 4.39 Å². The minimum absolute atomic E-state index is 0.274. The molecule has 7 nitrogen and oxygen atoms in total. The molecule has 0 N–H and O–H groups in total. The average Bonchev–Trinajstić information content (AvgIpc) is 3.23. The van der Waals surface area contributed by atoms with Gasteiger partial charge in [0.25, 0.3) is 0 Å². The van der Waals surface area contributed by atoms with Gasteiger partial charge in [-0.1, -0.05) is 42.9 Å². The van der Waals surface area contributed by atoms with Crippen molar-refractivity contribution in [1.29, 1.82) is 0 Å². The van der Waals surface area contributed by atoms with Crippen molar-refractivity contribution in [1.82, 2.24) is 30.3 Å². The molecule has 0 radical (unpaired) electrons. The van der Waals surface area contributed by atoms with Crippen LogP contribution in [0.25, 0.3) is 11.4 Å². The van der Waals surface area contributed by atoms with Crippen molar-refractivity contribution in [2.45, 2.75) is 45.3 Å². The number of thioether (sulfide) groups is 1. The molecule has 0 atom stereocenters. The van der Waals surface area contributed by atoms with Crippen molar-refractivity contribution in [3.63, 3.8) is 0 Å². The molecule has 3 aromatic rings. The van der Waals surface area contributed by atoms with Crippen molar-refractivity contribution in [2.24, 2.45) is 5.92 Å². The van der Waals surface area contributed by atoms with Crippen LogP contribution in [0.2, 0.25) is 0 Å². The third-order valence-corrected chi connectivity index (χ3v) is 4.74. The lowest BCUT2D eigenvalue weighted by Crippen LogP contribution is -2.07. The highest BCUT2D eigenvalue weighted by Crippen LogP contribution is 2.20. The van der Waals surface area contributed by atoms with Gasteiger partial charge in [-0.25, -0.2) is 9.07 Å². The van der Waals surface area contributed by atoms with Gasteiger partial charge in [-0.3, -0.25) is 0 Å². The number of aryl methyl sites for hydroxylation is 2. The Morgan fingerprint density at radius 2 is 2.15 bits per heavy atom. The number of tetrazole rings is 1. The predicted molar refractivity (Wildman–Crippen MR) is 96.1 cm³/mol. The Hall–Kier alpha value is -2.29. The first-order chi connectivity index (χ1) is 12.5. The van der Waals surface area contributed by atoms with Gasteiger partial charge in [-0.2, -0.15) is 4.98 Å². The number of nitrogens with zero attached hydrogens (tertiary/aromatic N) is 6. The summed E-state index contributed by atoms with van der Waals surface area (Å²) in [5, 5.41) is 16.5. The fraction of sp³-hybridized carbons (Fsp3) is 0.471. The maximum absolute atomic E-state index is 13.7. The molecule has 0 saturated heterocycles. The van der Waals surface area contributed by atoms with E-state index in [1.165, 1.54) is 6.07 Å². The van der Waals surface area contributed by atoms with Gasteiger partial charge >= 0.3 is 0 Å². The molecule has 2 heterocycles. The van der Waals surface area contributed by atoms with E-state index in [4.69, 9.17) is 4.52 Å². The first kappa shape index (κ1) is 18.5. The largest absolute Gasteiger partial charge is 0.339 e. The third-order valence-electron chi connectivity index (χ3n) is 3.70. The Bertz CT molecular complexity index is 863. The summed E-state index contributed by atoms with van der Waals surface area (Å²) >= 11 is 1.61. The Kier molecular flexibility index (Phi) is 5.97. The van der Waals surface area contributed by atoms with Gasteiger partial charge in [0, 0.05) is 24.3 Å². The molecule has 9 heteroatoms. The normalized spacial score (nSPS) is 11.4. The SMILES string of the molecule is Cc1ccc(-c2noc(CCCSc3nnnn3CC(C)C)n2)cc1F. The molecule has 0 bridgehead atoms. The van der Waals surface area contributed by atoms with E-state index in [-0.39, 0.29) is 5.82 Å². The summed E-state index contributed by atoms with van der Waals surface area (Å²) in [6, 6.07) is 4.92. The summed E-state index contributed by atoms with van der Waals surface area (Å²) in [6.07, 6.45) is 1.50. The Morgan fingerprint density at radius 3 is 2.92 bits per heavy atom. The van der Waals surface area contributed by atoms with Gasteiger partial charge in [0.15, 0.2) is 0 Å². The fourth-order valence-electron chi connectivity index (χ4n) is 2.35. The minimum Gasteiger partial charge on any atom is -0.339 e. The molecule has 0 fully saturated rings. The molecular weight excluding hydrogens is 355 g/mol. The second-order valence-electron chi connectivity index (χ2n) is 6.47. The number of hydrogen-bond acceptors (Lipinski definition) is 7. The van der Waals surface area contributed by atoms with E-state index >= 15 is 0 Å². The summed E-state index contributed by atoms with van der Waals surface area (Å²) in [4.78, 5) is 4.34. The summed E-state index contributed by atoms with van der Waals surface area (Å²) in [5.74, 6) is 2.01. The summed E-state index contributed by atoms with van der Waals surface area (Å²) in [7, 11) is 0. The second kappa shape index (κ2) is 8.39. The molecule has 0 amide bonds. The highest BCUT2D eigenvalue weighted by Gasteiger charge is 2.11. The van der Waals surface area contributed by atoms with E-state index in [2.05, 4.69) is 39.5 Å². The van der Waals surface area contributed by atoms with E-state index in [0.29, 0.717) is 35.2 Å². The lowest BCUT2D eigenvalue weighted by molar-refractivity contribution is 0.378. The number of halogens is 1. The van der Waals surface area contributed by atoms with Gasteiger partial charge in [0.05, 0.1) is 0 Å². The Labute approximate surface area is 155 Å². The van der Waals surface area contributed by atoms with Crippen molar-refractivity contribution in [2.75, 3.05) is 5.75 Å². The summed E-state index contributed by atoms with van der Waals surface area (Å²) in [6.45, 7) is 6.78. The van der Waals surface area contributed by atoms with E-state index < -0.39 is 0 Å². The lowest BCUT2D eigenvalue weighted by Gasteiger charge is -2.05. The summed E-state index contributed by atoms with van der Waals surface area (Å²) in [5.41, 5.74) is 1.21. The van der Waals surface area contributed by atoms with Crippen LogP contribution < -0.4 is 0 Å². The monoisotopic (exact) mass is 376 g/mol. The molecule has 2 aromatic heterocycles. The molecule has 3 rings (SSSR count). The Balaban J connectivity index is 1.51. The Morgan fingerprint density at radius 1 is 1.31 bits per heavy atom. The standard InChI is InChI=1S/C17H21FN6OS/c1-11(2)10-24-17(20-22-23-24)26-8-4-5-15-19-16(21-25-15)13-7-6-12(3)14(18)9-13/h6-7,9,11H,4-5,8,10H2,1-3H3. The van der Waals surface area contributed by atoms with Crippen LogP contribution in [-0.4, -0.2) is 36.1 Å². The second-order valence-corrected chi connectivity index (χ2v) is 7.53. The molecule has 0 unspecified atom stereocenters. The smallest absolute Gasteiger partial charge is 0.226 e. The quantitative estimate of drug-likeness (QED) is 0.439. The third kappa shape index (κ3) is 4.66. The van der Waals surface area contributed by atoms with Crippen LogP contribution in [0.5, 0.6) is 0 Å². The average molecular weight is 376 g/mol. The highest BCUT2D eigenvalue weighted by atomic mass is 32.2. The molecule has 138 valence electrons. The van der Waals surface area contributed by atoms with E-state index in [9.17, 15) is 4.39 Å². The number of aromatic nitrogens is 6. The van der Waals surface area contributed by atoms with Crippen molar-refractivity contribution in [3.05, 3.63) is 35.5 Å². The minimum atomic E-state index is -0.274. The first-order valence-corrected chi connectivity index (χ1v) is 9.49. The zero-order valence-electron chi connectivity index (χ0n) is 15.0. The molecule has 1 aromatic carbocycles. The van der Waals surface area contributed by atoms with Crippen LogP contribution >= 0.6 is 11.8 Å². The van der Waals surface area contributed by atoms with Crippen molar-refractivity contribution >= 4 is 11.8 Å². The van der Waals surface area contributed by atoms with E-state index in [1.807, 2.05) is 4.68 Å². The van der Waals surface area contributed by atoms with Crippen LogP contribution in [0, 0.1) is 18.7 Å². The molecule has 0 saturated carbocycles. The number of rotatable bonds is 8.